The number of hydrogen-bond donors (Lipinski definition) is 1. The summed E-state index contributed by atoms with van der Waals surface area (Å²) < 4.78 is 11.3. The van der Waals surface area contributed by atoms with Gasteiger partial charge in [-0.1, -0.05) is 59.6 Å². The van der Waals surface area contributed by atoms with Gasteiger partial charge in [-0.15, -0.1) is 0 Å². The fraction of sp³-hybridized carbons (Fsp3) is 0.306. The standard InChI is InChI=1S/C36H36ClN3O5/c1-44-32-9-4-7-29-31(41)22-33(45-35(29)32)36(43)38-28(20-24-11-13-27(37)14-12-24)21-25-15-18-39(19-16-25)30-8-3-2-6-26(30)23-40-17-5-10-34(40)42/h2-4,6-9,11-14,21-22,28H,5,10,15-20,23H2,1H3,(H,38,43)/t28-/m0/s1. The fourth-order valence-electron chi connectivity index (χ4n) is 6.21. The molecule has 1 N–H and O–H groups in total. The van der Waals surface area contributed by atoms with Crippen molar-refractivity contribution in [2.24, 2.45) is 0 Å². The Bertz CT molecular complexity index is 1790. The van der Waals surface area contributed by atoms with Crippen molar-refractivity contribution in [3.8, 4) is 5.75 Å². The van der Waals surface area contributed by atoms with Gasteiger partial charge in [0.05, 0.1) is 18.5 Å². The first kappa shape index (κ1) is 30.5. The SMILES string of the molecule is COc1cccc2c(=O)cc(C(=O)N[C@H](C=C3CCN(c4ccccc4CN4CCCC4=O)CC3)Cc3ccc(Cl)cc3)oc12. The normalized spacial score (nSPS) is 15.8. The minimum atomic E-state index is -0.474. The molecule has 4 aromatic rings. The summed E-state index contributed by atoms with van der Waals surface area (Å²) in [7, 11) is 1.49. The van der Waals surface area contributed by atoms with Crippen LogP contribution in [0.15, 0.2) is 93.7 Å². The number of nitrogens with zero attached hydrogens (tertiary/aromatic N) is 2. The Morgan fingerprint density at radius 1 is 1.00 bits per heavy atom. The molecule has 9 heteroatoms. The number of fused-ring (bicyclic) bond motifs is 1. The van der Waals surface area contributed by atoms with Gasteiger partial charge in [0.15, 0.2) is 22.5 Å². The molecule has 1 atom stereocenters. The van der Waals surface area contributed by atoms with Crippen LogP contribution in [0.1, 0.15) is 47.4 Å². The van der Waals surface area contributed by atoms with E-state index in [0.717, 1.165) is 44.5 Å². The largest absolute Gasteiger partial charge is 0.493 e. The number of nitrogens with one attached hydrogen (secondary N) is 1. The van der Waals surface area contributed by atoms with E-state index in [4.69, 9.17) is 20.8 Å². The van der Waals surface area contributed by atoms with Crippen molar-refractivity contribution < 1.29 is 18.7 Å². The number of halogens is 1. The number of para-hydroxylation sites is 2. The van der Waals surface area contributed by atoms with Crippen LogP contribution in [0.3, 0.4) is 0 Å². The van der Waals surface area contributed by atoms with Crippen molar-refractivity contribution in [2.45, 2.75) is 44.7 Å². The van der Waals surface area contributed by atoms with E-state index in [1.807, 2.05) is 35.2 Å². The van der Waals surface area contributed by atoms with E-state index in [1.54, 1.807) is 18.2 Å². The highest BCUT2D eigenvalue weighted by molar-refractivity contribution is 6.30. The maximum Gasteiger partial charge on any atom is 0.287 e. The van der Waals surface area contributed by atoms with Crippen molar-refractivity contribution in [1.29, 1.82) is 0 Å². The summed E-state index contributed by atoms with van der Waals surface area (Å²) in [6.07, 6.45) is 5.92. The van der Waals surface area contributed by atoms with E-state index in [1.165, 1.54) is 30.0 Å². The Morgan fingerprint density at radius 3 is 2.51 bits per heavy atom. The fourth-order valence-corrected chi connectivity index (χ4v) is 6.33. The summed E-state index contributed by atoms with van der Waals surface area (Å²) in [4.78, 5) is 43.0. The zero-order chi connectivity index (χ0) is 31.3. The number of hydrogen-bond acceptors (Lipinski definition) is 6. The third kappa shape index (κ3) is 7.07. The molecule has 0 spiro atoms. The third-order valence-electron chi connectivity index (χ3n) is 8.56. The van der Waals surface area contributed by atoms with Gasteiger partial charge in [0, 0.05) is 49.4 Å². The first-order valence-corrected chi connectivity index (χ1v) is 15.7. The van der Waals surface area contributed by atoms with Crippen molar-refractivity contribution in [2.75, 3.05) is 31.6 Å². The van der Waals surface area contributed by atoms with E-state index in [-0.39, 0.29) is 28.7 Å². The highest BCUT2D eigenvalue weighted by Gasteiger charge is 2.24. The van der Waals surface area contributed by atoms with Gasteiger partial charge in [0.25, 0.3) is 5.91 Å². The lowest BCUT2D eigenvalue weighted by Crippen LogP contribution is -2.37. The molecule has 0 radical (unpaired) electrons. The minimum absolute atomic E-state index is 0.0700. The number of benzene rings is 3. The monoisotopic (exact) mass is 625 g/mol. The predicted molar refractivity (Wildman–Crippen MR) is 176 cm³/mol. The van der Waals surface area contributed by atoms with Gasteiger partial charge in [0.1, 0.15) is 0 Å². The number of amides is 2. The highest BCUT2D eigenvalue weighted by Crippen LogP contribution is 2.29. The molecule has 1 aromatic heterocycles. The van der Waals surface area contributed by atoms with Gasteiger partial charge in [-0.3, -0.25) is 14.4 Å². The maximum absolute atomic E-state index is 13.5. The molecule has 2 fully saturated rings. The number of piperidine rings is 1. The van der Waals surface area contributed by atoms with Gasteiger partial charge in [-0.2, -0.15) is 0 Å². The average molecular weight is 626 g/mol. The smallest absolute Gasteiger partial charge is 0.287 e. The molecule has 0 unspecified atom stereocenters. The lowest BCUT2D eigenvalue weighted by atomic mass is 9.97. The van der Waals surface area contributed by atoms with Gasteiger partial charge < -0.3 is 24.3 Å². The van der Waals surface area contributed by atoms with Crippen LogP contribution in [0.5, 0.6) is 5.75 Å². The molecule has 3 heterocycles. The molecule has 2 aliphatic rings. The quantitative estimate of drug-likeness (QED) is 0.225. The van der Waals surface area contributed by atoms with E-state index >= 15 is 0 Å². The van der Waals surface area contributed by atoms with E-state index in [0.29, 0.717) is 35.5 Å². The second-order valence-corrected chi connectivity index (χ2v) is 12.0. The van der Waals surface area contributed by atoms with Crippen LogP contribution < -0.4 is 20.4 Å². The average Bonchev–Trinajstić information content (AvgIpc) is 3.46. The molecule has 232 valence electrons. The number of carbonyl (C=O) groups is 2. The Labute approximate surface area is 267 Å². The third-order valence-corrected chi connectivity index (χ3v) is 8.81. The summed E-state index contributed by atoms with van der Waals surface area (Å²) in [5, 5.41) is 4.09. The predicted octanol–water partition coefficient (Wildman–Crippen LogP) is 6.15. The summed E-state index contributed by atoms with van der Waals surface area (Å²) in [6.45, 7) is 3.12. The van der Waals surface area contributed by atoms with Crippen molar-refractivity contribution in [1.82, 2.24) is 10.2 Å². The first-order chi connectivity index (χ1) is 21.9. The van der Waals surface area contributed by atoms with Crippen LogP contribution in [0.4, 0.5) is 5.69 Å². The zero-order valence-electron chi connectivity index (χ0n) is 25.3. The highest BCUT2D eigenvalue weighted by atomic mass is 35.5. The maximum atomic E-state index is 13.5. The Hall–Kier alpha value is -4.56. The number of likely N-dealkylation sites (tertiary alicyclic amines) is 1. The number of rotatable bonds is 9. The van der Waals surface area contributed by atoms with Crippen LogP contribution in [0.2, 0.25) is 5.02 Å². The van der Waals surface area contributed by atoms with Gasteiger partial charge in [0.2, 0.25) is 5.91 Å². The summed E-state index contributed by atoms with van der Waals surface area (Å²) in [5.74, 6) is 0.0712. The molecule has 2 saturated heterocycles. The number of methoxy groups -OCH3 is 1. The topological polar surface area (TPSA) is 92.1 Å². The van der Waals surface area contributed by atoms with Crippen LogP contribution in [0.25, 0.3) is 11.0 Å². The Kier molecular flexibility index (Phi) is 9.21. The van der Waals surface area contributed by atoms with Crippen molar-refractivity contribution in [3.63, 3.8) is 0 Å². The van der Waals surface area contributed by atoms with E-state index in [9.17, 15) is 14.4 Å². The summed E-state index contributed by atoms with van der Waals surface area (Å²) in [6, 6.07) is 21.9. The van der Waals surface area contributed by atoms with Crippen LogP contribution in [-0.2, 0) is 17.8 Å². The number of ether oxygens (including phenoxy) is 1. The number of anilines is 1. The number of carbonyl (C=O) groups excluding carboxylic acids is 2. The van der Waals surface area contributed by atoms with Crippen LogP contribution >= 0.6 is 11.6 Å². The van der Waals surface area contributed by atoms with Crippen LogP contribution in [0, 0.1) is 0 Å². The summed E-state index contributed by atoms with van der Waals surface area (Å²) in [5.41, 5.74) is 4.54. The van der Waals surface area contributed by atoms with Gasteiger partial charge in [-0.25, -0.2) is 0 Å². The van der Waals surface area contributed by atoms with Crippen molar-refractivity contribution >= 4 is 40.1 Å². The summed E-state index contributed by atoms with van der Waals surface area (Å²) >= 11 is 6.13. The van der Waals surface area contributed by atoms with Gasteiger partial charge in [-0.05, 0) is 67.1 Å². The molecule has 8 nitrogen and oxygen atoms in total. The van der Waals surface area contributed by atoms with Gasteiger partial charge >= 0.3 is 0 Å². The van der Waals surface area contributed by atoms with Crippen LogP contribution in [-0.4, -0.2) is 49.5 Å². The van der Waals surface area contributed by atoms with E-state index in [2.05, 4.69) is 34.5 Å². The Balaban J connectivity index is 1.20. The second kappa shape index (κ2) is 13.6. The first-order valence-electron chi connectivity index (χ1n) is 15.3. The lowest BCUT2D eigenvalue weighted by Gasteiger charge is -2.33. The molecule has 3 aromatic carbocycles. The molecule has 2 aliphatic heterocycles. The molecular weight excluding hydrogens is 590 g/mol. The van der Waals surface area contributed by atoms with Crippen molar-refractivity contribution in [3.05, 3.63) is 117 Å². The molecule has 6 rings (SSSR count). The second-order valence-electron chi connectivity index (χ2n) is 11.6. The lowest BCUT2D eigenvalue weighted by molar-refractivity contribution is -0.128. The molecular formula is C36H36ClN3O5. The minimum Gasteiger partial charge on any atom is -0.493 e. The molecule has 2 amide bonds. The molecule has 0 bridgehead atoms. The Morgan fingerprint density at radius 2 is 1.78 bits per heavy atom. The molecule has 0 saturated carbocycles. The molecule has 0 aliphatic carbocycles. The zero-order valence-corrected chi connectivity index (χ0v) is 26.0. The molecule has 45 heavy (non-hydrogen) atoms. The van der Waals surface area contributed by atoms with E-state index < -0.39 is 5.91 Å².